The van der Waals surface area contributed by atoms with Crippen LogP contribution in [0.1, 0.15) is 71.0 Å². The van der Waals surface area contributed by atoms with Crippen LogP contribution >= 0.6 is 0 Å². The molecule has 0 spiro atoms. The van der Waals surface area contributed by atoms with Gasteiger partial charge in [-0.1, -0.05) is 33.6 Å². The van der Waals surface area contributed by atoms with Crippen LogP contribution in [-0.4, -0.2) is 23.5 Å². The van der Waals surface area contributed by atoms with Gasteiger partial charge in [0.1, 0.15) is 11.5 Å². The summed E-state index contributed by atoms with van der Waals surface area (Å²) in [7, 11) is 0. The van der Waals surface area contributed by atoms with Crippen LogP contribution in [0.5, 0.6) is 0 Å². The van der Waals surface area contributed by atoms with Crippen molar-refractivity contribution < 1.29 is 4.42 Å². The molecule has 0 saturated heterocycles. The lowest BCUT2D eigenvalue weighted by Crippen LogP contribution is -2.31. The zero-order valence-corrected chi connectivity index (χ0v) is 14.8. The van der Waals surface area contributed by atoms with E-state index in [-0.39, 0.29) is 0 Å². The summed E-state index contributed by atoms with van der Waals surface area (Å²) in [6.45, 7) is 16.2. The van der Waals surface area contributed by atoms with Crippen LogP contribution in [0.2, 0.25) is 0 Å². The Balaban J connectivity index is 2.60. The number of unbranched alkanes of at least 4 members (excludes halogenated alkanes) is 2. The summed E-state index contributed by atoms with van der Waals surface area (Å²) in [5, 5.41) is 3.46. The van der Waals surface area contributed by atoms with Crippen molar-refractivity contribution in [1.82, 2.24) is 10.2 Å². The number of nitrogens with zero attached hydrogens (tertiary/aromatic N) is 1. The minimum Gasteiger partial charge on any atom is -0.465 e. The summed E-state index contributed by atoms with van der Waals surface area (Å²) in [4.78, 5) is 2.51. The van der Waals surface area contributed by atoms with Gasteiger partial charge in [0.15, 0.2) is 0 Å². The molecule has 1 N–H and O–H groups in total. The highest BCUT2D eigenvalue weighted by Crippen LogP contribution is 2.18. The molecule has 1 heterocycles. The second kappa shape index (κ2) is 9.26. The highest BCUT2D eigenvalue weighted by molar-refractivity contribution is 5.20. The Hall–Kier alpha value is -0.800. The Morgan fingerprint density at radius 3 is 2.48 bits per heavy atom. The Morgan fingerprint density at radius 2 is 1.90 bits per heavy atom. The van der Waals surface area contributed by atoms with Crippen molar-refractivity contribution in [3.05, 3.63) is 23.2 Å². The van der Waals surface area contributed by atoms with E-state index in [1.807, 2.05) is 0 Å². The van der Waals surface area contributed by atoms with Gasteiger partial charge in [-0.05, 0) is 39.8 Å². The summed E-state index contributed by atoms with van der Waals surface area (Å²) in [5.74, 6) is 2.15. The van der Waals surface area contributed by atoms with E-state index in [0.29, 0.717) is 12.1 Å². The number of hydrogen-bond donors (Lipinski definition) is 1. The molecule has 0 aliphatic heterocycles. The first-order valence-corrected chi connectivity index (χ1v) is 8.49. The smallest absolute Gasteiger partial charge is 0.118 e. The molecule has 1 rings (SSSR count). The second-order valence-electron chi connectivity index (χ2n) is 6.60. The molecule has 0 aliphatic rings. The lowest BCUT2D eigenvalue weighted by atomic mass is 10.2. The summed E-state index contributed by atoms with van der Waals surface area (Å²) in [5.41, 5.74) is 1.29. The molecule has 1 aromatic heterocycles. The topological polar surface area (TPSA) is 28.4 Å². The van der Waals surface area contributed by atoms with Crippen LogP contribution in [0.15, 0.2) is 10.5 Å². The van der Waals surface area contributed by atoms with Crippen LogP contribution < -0.4 is 5.32 Å². The fourth-order valence-corrected chi connectivity index (χ4v) is 2.44. The van der Waals surface area contributed by atoms with E-state index >= 15 is 0 Å². The number of furan rings is 1. The minimum atomic E-state index is 0.504. The molecule has 0 amide bonds. The first-order valence-electron chi connectivity index (χ1n) is 8.49. The van der Waals surface area contributed by atoms with Crippen molar-refractivity contribution in [3.8, 4) is 0 Å². The second-order valence-corrected chi connectivity index (χ2v) is 6.60. The molecular formula is C18H34N2O. The van der Waals surface area contributed by atoms with Crippen molar-refractivity contribution in [2.45, 2.75) is 86.0 Å². The quantitative estimate of drug-likeness (QED) is 0.645. The van der Waals surface area contributed by atoms with Gasteiger partial charge in [-0.25, -0.2) is 0 Å². The molecular weight excluding hydrogens is 260 g/mol. The predicted octanol–water partition coefficient (Wildman–Crippen LogP) is 4.49. The van der Waals surface area contributed by atoms with E-state index in [0.717, 1.165) is 31.2 Å². The van der Waals surface area contributed by atoms with E-state index in [4.69, 9.17) is 4.42 Å². The Bertz CT molecular complexity index is 396. The van der Waals surface area contributed by atoms with Gasteiger partial charge in [0, 0.05) is 24.2 Å². The summed E-state index contributed by atoms with van der Waals surface area (Å²) < 4.78 is 5.95. The Labute approximate surface area is 131 Å². The number of aryl methyl sites for hydroxylation is 1. The lowest BCUT2D eigenvalue weighted by molar-refractivity contribution is 0.192. The van der Waals surface area contributed by atoms with Gasteiger partial charge in [-0.15, -0.1) is 0 Å². The minimum absolute atomic E-state index is 0.504. The lowest BCUT2D eigenvalue weighted by Gasteiger charge is -2.25. The van der Waals surface area contributed by atoms with Gasteiger partial charge in [0.2, 0.25) is 0 Å². The van der Waals surface area contributed by atoms with Crippen LogP contribution in [0.25, 0.3) is 0 Å². The summed E-state index contributed by atoms with van der Waals surface area (Å²) >= 11 is 0. The average Bonchev–Trinajstić information content (AvgIpc) is 2.75. The van der Waals surface area contributed by atoms with Crippen molar-refractivity contribution in [2.24, 2.45) is 0 Å². The standard InChI is InChI=1S/C18H34N2O/c1-7-8-9-10-20(15(4)5)13-18-11-17(16(6)21-18)12-19-14(2)3/h11,14-15,19H,7-10,12-13H2,1-6H3. The summed E-state index contributed by atoms with van der Waals surface area (Å²) in [6, 6.07) is 3.29. The maximum atomic E-state index is 5.95. The Morgan fingerprint density at radius 1 is 1.19 bits per heavy atom. The Kier molecular flexibility index (Phi) is 8.05. The molecule has 21 heavy (non-hydrogen) atoms. The molecule has 0 aliphatic carbocycles. The van der Waals surface area contributed by atoms with Crippen LogP contribution in [0.3, 0.4) is 0 Å². The van der Waals surface area contributed by atoms with Gasteiger partial charge in [-0.3, -0.25) is 4.90 Å². The fourth-order valence-electron chi connectivity index (χ4n) is 2.44. The largest absolute Gasteiger partial charge is 0.465 e. The van der Waals surface area contributed by atoms with Gasteiger partial charge >= 0.3 is 0 Å². The maximum Gasteiger partial charge on any atom is 0.118 e. The highest BCUT2D eigenvalue weighted by atomic mass is 16.3. The van der Waals surface area contributed by atoms with Crippen molar-refractivity contribution in [1.29, 1.82) is 0 Å². The first-order chi connectivity index (χ1) is 9.93. The van der Waals surface area contributed by atoms with Crippen LogP contribution in [0, 0.1) is 6.92 Å². The van der Waals surface area contributed by atoms with Crippen LogP contribution in [-0.2, 0) is 13.1 Å². The van der Waals surface area contributed by atoms with Crippen molar-refractivity contribution in [3.63, 3.8) is 0 Å². The zero-order valence-electron chi connectivity index (χ0n) is 14.8. The molecule has 0 bridgehead atoms. The van der Waals surface area contributed by atoms with E-state index in [1.165, 1.54) is 24.8 Å². The fraction of sp³-hybridized carbons (Fsp3) is 0.778. The number of nitrogens with one attached hydrogen (secondary N) is 1. The molecule has 0 fully saturated rings. The number of hydrogen-bond acceptors (Lipinski definition) is 3. The SMILES string of the molecule is CCCCCN(Cc1cc(CNC(C)C)c(C)o1)C(C)C. The van der Waals surface area contributed by atoms with Gasteiger partial charge in [0.05, 0.1) is 6.54 Å². The van der Waals surface area contributed by atoms with E-state index in [2.05, 4.69) is 57.8 Å². The third-order valence-electron chi connectivity index (χ3n) is 3.91. The molecule has 0 unspecified atom stereocenters. The first kappa shape index (κ1) is 18.2. The molecule has 0 aromatic carbocycles. The molecule has 122 valence electrons. The average molecular weight is 294 g/mol. The number of rotatable bonds is 10. The van der Waals surface area contributed by atoms with E-state index in [9.17, 15) is 0 Å². The normalized spacial score (nSPS) is 12.0. The van der Waals surface area contributed by atoms with Crippen molar-refractivity contribution in [2.75, 3.05) is 6.54 Å². The van der Waals surface area contributed by atoms with Crippen molar-refractivity contribution >= 4 is 0 Å². The van der Waals surface area contributed by atoms with E-state index in [1.54, 1.807) is 0 Å². The molecule has 0 radical (unpaired) electrons. The van der Waals surface area contributed by atoms with E-state index < -0.39 is 0 Å². The van der Waals surface area contributed by atoms with Gasteiger partial charge < -0.3 is 9.73 Å². The van der Waals surface area contributed by atoms with Gasteiger partial charge in [0.25, 0.3) is 0 Å². The maximum absolute atomic E-state index is 5.95. The molecule has 1 aromatic rings. The summed E-state index contributed by atoms with van der Waals surface area (Å²) in [6.07, 6.45) is 3.86. The van der Waals surface area contributed by atoms with Gasteiger partial charge in [-0.2, -0.15) is 0 Å². The molecule has 0 atom stereocenters. The monoisotopic (exact) mass is 294 g/mol. The van der Waals surface area contributed by atoms with Crippen LogP contribution in [0.4, 0.5) is 0 Å². The zero-order chi connectivity index (χ0) is 15.8. The molecule has 3 heteroatoms. The third kappa shape index (κ3) is 6.66. The predicted molar refractivity (Wildman–Crippen MR) is 90.5 cm³/mol. The molecule has 3 nitrogen and oxygen atoms in total. The highest BCUT2D eigenvalue weighted by Gasteiger charge is 2.14. The third-order valence-corrected chi connectivity index (χ3v) is 3.91. The molecule has 0 saturated carbocycles.